The van der Waals surface area contributed by atoms with E-state index >= 15 is 0 Å². The monoisotopic (exact) mass is 479 g/mol. The SMILES string of the molecule is Cc1cccc(OCC(=O)NNC(=S)NC(=O)c2ccc(OC(C)C)c(Br)c2)c1. The lowest BCUT2D eigenvalue weighted by atomic mass is 10.2. The molecule has 0 atom stereocenters. The molecule has 0 spiro atoms. The van der Waals surface area contributed by atoms with Crippen LogP contribution < -0.4 is 25.6 Å². The Balaban J connectivity index is 1.78. The van der Waals surface area contributed by atoms with E-state index in [-0.39, 0.29) is 17.8 Å². The average molecular weight is 480 g/mol. The number of benzene rings is 2. The molecule has 0 saturated heterocycles. The van der Waals surface area contributed by atoms with Crippen LogP contribution in [0.25, 0.3) is 0 Å². The summed E-state index contributed by atoms with van der Waals surface area (Å²) in [7, 11) is 0. The first-order chi connectivity index (χ1) is 13.7. The highest BCUT2D eigenvalue weighted by atomic mass is 79.9. The van der Waals surface area contributed by atoms with Crippen molar-refractivity contribution in [2.75, 3.05) is 6.61 Å². The van der Waals surface area contributed by atoms with Crippen molar-refractivity contribution in [1.29, 1.82) is 0 Å². The number of halogens is 1. The summed E-state index contributed by atoms with van der Waals surface area (Å²) >= 11 is 8.40. The highest BCUT2D eigenvalue weighted by Gasteiger charge is 2.12. The molecule has 0 aliphatic heterocycles. The lowest BCUT2D eigenvalue weighted by Gasteiger charge is -2.13. The van der Waals surface area contributed by atoms with Crippen molar-refractivity contribution in [1.82, 2.24) is 16.2 Å². The summed E-state index contributed by atoms with van der Waals surface area (Å²) in [5, 5.41) is 2.44. The standard InChI is InChI=1S/C20H22BrN3O4S/c1-12(2)28-17-8-7-14(10-16(17)21)19(26)22-20(29)24-23-18(25)11-27-15-6-4-5-13(3)9-15/h4-10,12H,11H2,1-3H3,(H,23,25)(H2,22,24,26,29). The second-order valence-electron chi connectivity index (χ2n) is 6.37. The first kappa shape index (κ1) is 22.6. The van der Waals surface area contributed by atoms with Crippen LogP contribution >= 0.6 is 28.1 Å². The van der Waals surface area contributed by atoms with E-state index < -0.39 is 11.8 Å². The van der Waals surface area contributed by atoms with Crippen molar-refractivity contribution in [2.45, 2.75) is 26.9 Å². The predicted octanol–water partition coefficient (Wildman–Crippen LogP) is 3.26. The molecule has 0 aliphatic carbocycles. The van der Waals surface area contributed by atoms with Gasteiger partial charge in [0.25, 0.3) is 11.8 Å². The van der Waals surface area contributed by atoms with Crippen molar-refractivity contribution in [2.24, 2.45) is 0 Å². The van der Waals surface area contributed by atoms with Crippen molar-refractivity contribution < 1.29 is 19.1 Å². The number of hydrazine groups is 1. The van der Waals surface area contributed by atoms with Crippen molar-refractivity contribution in [3.63, 3.8) is 0 Å². The van der Waals surface area contributed by atoms with Gasteiger partial charge in [0.15, 0.2) is 11.7 Å². The third-order valence-corrected chi connectivity index (χ3v) is 4.28. The van der Waals surface area contributed by atoms with E-state index in [1.54, 1.807) is 24.3 Å². The van der Waals surface area contributed by atoms with Crippen LogP contribution in [0.3, 0.4) is 0 Å². The number of hydrogen-bond acceptors (Lipinski definition) is 5. The molecule has 3 N–H and O–H groups in total. The van der Waals surface area contributed by atoms with E-state index in [9.17, 15) is 9.59 Å². The number of hydrogen-bond donors (Lipinski definition) is 3. The van der Waals surface area contributed by atoms with Crippen LogP contribution in [-0.2, 0) is 4.79 Å². The maximum atomic E-state index is 12.3. The molecule has 2 aromatic carbocycles. The predicted molar refractivity (Wildman–Crippen MR) is 118 cm³/mol. The number of thiocarbonyl (C=S) groups is 1. The van der Waals surface area contributed by atoms with E-state index in [0.29, 0.717) is 21.5 Å². The summed E-state index contributed by atoms with van der Waals surface area (Å²) in [6, 6.07) is 12.3. The molecule has 2 rings (SSSR count). The van der Waals surface area contributed by atoms with E-state index in [2.05, 4.69) is 32.1 Å². The number of rotatable bonds is 6. The van der Waals surface area contributed by atoms with Crippen molar-refractivity contribution >= 4 is 45.1 Å². The molecule has 0 aromatic heterocycles. The molecular weight excluding hydrogens is 458 g/mol. The number of aryl methyl sites for hydroxylation is 1. The molecular formula is C20H22BrN3O4S. The zero-order valence-corrected chi connectivity index (χ0v) is 18.6. The van der Waals surface area contributed by atoms with Crippen molar-refractivity contribution in [3.05, 3.63) is 58.1 Å². The van der Waals surface area contributed by atoms with E-state index in [4.69, 9.17) is 21.7 Å². The highest BCUT2D eigenvalue weighted by Crippen LogP contribution is 2.26. The molecule has 0 saturated carbocycles. The van der Waals surface area contributed by atoms with Crippen LogP contribution in [-0.4, -0.2) is 29.6 Å². The number of carbonyl (C=O) groups excluding carboxylic acids is 2. The van der Waals surface area contributed by atoms with Gasteiger partial charge in [-0.2, -0.15) is 0 Å². The van der Waals surface area contributed by atoms with Gasteiger partial charge in [-0.3, -0.25) is 25.8 Å². The van der Waals surface area contributed by atoms with Crippen LogP contribution in [0.2, 0.25) is 0 Å². The summed E-state index contributed by atoms with van der Waals surface area (Å²) in [6.07, 6.45) is 0.0151. The molecule has 0 fully saturated rings. The normalized spacial score (nSPS) is 10.2. The fourth-order valence-corrected chi connectivity index (χ4v) is 2.83. The van der Waals surface area contributed by atoms with Gasteiger partial charge in [0.1, 0.15) is 11.5 Å². The molecule has 0 radical (unpaired) electrons. The second kappa shape index (κ2) is 10.8. The molecule has 0 unspecified atom stereocenters. The largest absolute Gasteiger partial charge is 0.490 e. The lowest BCUT2D eigenvalue weighted by molar-refractivity contribution is -0.123. The zero-order chi connectivity index (χ0) is 21.4. The van der Waals surface area contributed by atoms with Gasteiger partial charge in [0, 0.05) is 5.56 Å². The van der Waals surface area contributed by atoms with Gasteiger partial charge in [-0.15, -0.1) is 0 Å². The summed E-state index contributed by atoms with van der Waals surface area (Å²) in [4.78, 5) is 24.1. The van der Waals surface area contributed by atoms with E-state index in [1.807, 2.05) is 39.0 Å². The molecule has 29 heavy (non-hydrogen) atoms. The highest BCUT2D eigenvalue weighted by molar-refractivity contribution is 9.10. The Morgan fingerprint density at radius 2 is 1.90 bits per heavy atom. The number of carbonyl (C=O) groups is 2. The topological polar surface area (TPSA) is 88.7 Å². The minimum atomic E-state index is -0.443. The summed E-state index contributed by atoms with van der Waals surface area (Å²) in [6.45, 7) is 5.56. The molecule has 2 aromatic rings. The Labute approximate surface area is 183 Å². The molecule has 2 amide bonds. The summed E-state index contributed by atoms with van der Waals surface area (Å²) < 4.78 is 11.6. The van der Waals surface area contributed by atoms with Gasteiger partial charge < -0.3 is 9.47 Å². The zero-order valence-electron chi connectivity index (χ0n) is 16.2. The van der Waals surface area contributed by atoms with Crippen molar-refractivity contribution in [3.8, 4) is 11.5 Å². The molecule has 0 aliphatic rings. The summed E-state index contributed by atoms with van der Waals surface area (Å²) in [5.74, 6) is 0.357. The van der Waals surface area contributed by atoms with Crippen LogP contribution in [0.1, 0.15) is 29.8 Å². The molecule has 154 valence electrons. The minimum absolute atomic E-state index is 0.0151. The molecule has 7 nitrogen and oxygen atoms in total. The van der Waals surface area contributed by atoms with Gasteiger partial charge in [-0.25, -0.2) is 0 Å². The average Bonchev–Trinajstić information content (AvgIpc) is 2.66. The molecule has 9 heteroatoms. The second-order valence-corrected chi connectivity index (χ2v) is 7.64. The maximum absolute atomic E-state index is 12.3. The Morgan fingerprint density at radius 3 is 2.55 bits per heavy atom. The van der Waals surface area contributed by atoms with Crippen LogP contribution in [0.5, 0.6) is 11.5 Å². The Kier molecular flexibility index (Phi) is 8.41. The van der Waals surface area contributed by atoms with Gasteiger partial charge in [-0.05, 0) is 84.8 Å². The first-order valence-corrected chi connectivity index (χ1v) is 10.0. The summed E-state index contributed by atoms with van der Waals surface area (Å²) in [5.41, 5.74) is 6.24. The third kappa shape index (κ3) is 7.71. The Bertz CT molecular complexity index is 905. The lowest BCUT2D eigenvalue weighted by Crippen LogP contribution is -2.49. The molecule has 0 heterocycles. The van der Waals surface area contributed by atoms with Gasteiger partial charge in [0.05, 0.1) is 10.6 Å². The number of nitrogens with one attached hydrogen (secondary N) is 3. The fraction of sp³-hybridized carbons (Fsp3) is 0.250. The maximum Gasteiger partial charge on any atom is 0.276 e. The van der Waals surface area contributed by atoms with Gasteiger partial charge >= 0.3 is 0 Å². The first-order valence-electron chi connectivity index (χ1n) is 8.80. The Hall–Kier alpha value is -2.65. The number of amides is 2. The van der Waals surface area contributed by atoms with Gasteiger partial charge in [0.2, 0.25) is 0 Å². The van der Waals surface area contributed by atoms with Crippen LogP contribution in [0, 0.1) is 6.92 Å². The van der Waals surface area contributed by atoms with E-state index in [1.165, 1.54) is 0 Å². The third-order valence-electron chi connectivity index (χ3n) is 3.46. The van der Waals surface area contributed by atoms with Crippen LogP contribution in [0.4, 0.5) is 0 Å². The Morgan fingerprint density at radius 1 is 1.14 bits per heavy atom. The quantitative estimate of drug-likeness (QED) is 0.435. The molecule has 0 bridgehead atoms. The van der Waals surface area contributed by atoms with E-state index in [0.717, 1.165) is 5.56 Å². The minimum Gasteiger partial charge on any atom is -0.490 e. The van der Waals surface area contributed by atoms with Gasteiger partial charge in [-0.1, -0.05) is 12.1 Å². The number of ether oxygens (including phenoxy) is 2. The van der Waals surface area contributed by atoms with Crippen LogP contribution in [0.15, 0.2) is 46.9 Å². The fourth-order valence-electron chi connectivity index (χ4n) is 2.21. The smallest absolute Gasteiger partial charge is 0.276 e.